The van der Waals surface area contributed by atoms with Gasteiger partial charge in [0.15, 0.2) is 0 Å². The highest BCUT2D eigenvalue weighted by Gasteiger charge is 2.15. The smallest absolute Gasteiger partial charge is 0.0314 e. The van der Waals surface area contributed by atoms with E-state index in [0.717, 1.165) is 6.04 Å². The zero-order valence-corrected chi connectivity index (χ0v) is 9.25. The highest BCUT2D eigenvalue weighted by Crippen LogP contribution is 2.25. The molecule has 1 atom stereocenters. The topological polar surface area (TPSA) is 12.0 Å². The summed E-state index contributed by atoms with van der Waals surface area (Å²) in [6, 6.07) is 2.86. The van der Waals surface area contributed by atoms with E-state index in [1.807, 2.05) is 11.3 Å². The lowest BCUT2D eigenvalue weighted by Gasteiger charge is -2.07. The van der Waals surface area contributed by atoms with Crippen molar-refractivity contribution < 1.29 is 0 Å². The Kier molecular flexibility index (Phi) is 2.84. The summed E-state index contributed by atoms with van der Waals surface area (Å²) in [5.41, 5.74) is 0. The molecule has 1 unspecified atom stereocenters. The zero-order valence-electron chi connectivity index (χ0n) is 6.85. The van der Waals surface area contributed by atoms with Crippen LogP contribution in [0.2, 0.25) is 0 Å². The summed E-state index contributed by atoms with van der Waals surface area (Å²) in [4.78, 5) is 1.48. The molecule has 0 aromatic carbocycles. The van der Waals surface area contributed by atoms with Crippen molar-refractivity contribution in [2.24, 2.45) is 0 Å². The van der Waals surface area contributed by atoms with Crippen molar-refractivity contribution in [2.45, 2.75) is 25.3 Å². The molecule has 2 heterocycles. The normalized spacial score (nSPS) is 23.2. The van der Waals surface area contributed by atoms with Crippen LogP contribution in [-0.2, 0) is 6.42 Å². The van der Waals surface area contributed by atoms with Gasteiger partial charge in [-0.05, 0) is 53.2 Å². The van der Waals surface area contributed by atoms with Crippen LogP contribution in [0.3, 0.4) is 0 Å². The second-order valence-electron chi connectivity index (χ2n) is 3.19. The molecule has 0 radical (unpaired) electrons. The molecule has 1 fully saturated rings. The van der Waals surface area contributed by atoms with Crippen molar-refractivity contribution in [2.75, 3.05) is 6.54 Å². The molecule has 1 aliphatic heterocycles. The molecule has 1 nitrogen and oxygen atoms in total. The fourth-order valence-electron chi connectivity index (χ4n) is 1.63. The molecule has 66 valence electrons. The minimum absolute atomic E-state index is 0.722. The third kappa shape index (κ3) is 1.90. The molecule has 0 spiro atoms. The van der Waals surface area contributed by atoms with Crippen LogP contribution in [0.5, 0.6) is 0 Å². The van der Waals surface area contributed by atoms with Crippen molar-refractivity contribution in [1.82, 2.24) is 5.32 Å². The maximum absolute atomic E-state index is 3.56. The lowest BCUT2D eigenvalue weighted by Crippen LogP contribution is -2.23. The first-order chi connectivity index (χ1) is 5.86. The quantitative estimate of drug-likeness (QED) is 0.846. The molecule has 3 heteroatoms. The van der Waals surface area contributed by atoms with Crippen molar-refractivity contribution >= 4 is 27.3 Å². The highest BCUT2D eigenvalue weighted by atomic mass is 79.9. The van der Waals surface area contributed by atoms with Crippen LogP contribution >= 0.6 is 27.3 Å². The summed E-state index contributed by atoms with van der Waals surface area (Å²) in [6.07, 6.45) is 3.87. The van der Waals surface area contributed by atoms with Crippen molar-refractivity contribution in [1.29, 1.82) is 0 Å². The molecular weight excluding hydrogens is 234 g/mol. The molecule has 0 amide bonds. The first-order valence-corrected chi connectivity index (χ1v) is 5.99. The van der Waals surface area contributed by atoms with Gasteiger partial charge in [-0.2, -0.15) is 0 Å². The van der Waals surface area contributed by atoms with Gasteiger partial charge in [0, 0.05) is 15.4 Å². The van der Waals surface area contributed by atoms with Gasteiger partial charge >= 0.3 is 0 Å². The summed E-state index contributed by atoms with van der Waals surface area (Å²) in [5, 5.41) is 5.66. The summed E-state index contributed by atoms with van der Waals surface area (Å²) >= 11 is 5.41. The number of hydrogen-bond donors (Lipinski definition) is 1. The Hall–Kier alpha value is 0.140. The van der Waals surface area contributed by atoms with E-state index in [-0.39, 0.29) is 0 Å². The SMILES string of the molecule is Brc1ccsc1CC1CCCN1. The molecule has 1 aromatic heterocycles. The predicted octanol–water partition coefficient (Wildman–Crippen LogP) is 2.81. The van der Waals surface area contributed by atoms with Gasteiger partial charge in [-0.3, -0.25) is 0 Å². The summed E-state index contributed by atoms with van der Waals surface area (Å²) in [5.74, 6) is 0. The molecule has 1 aliphatic rings. The van der Waals surface area contributed by atoms with Crippen LogP contribution in [-0.4, -0.2) is 12.6 Å². The molecule has 2 rings (SSSR count). The number of halogens is 1. The van der Waals surface area contributed by atoms with E-state index in [0.29, 0.717) is 0 Å². The van der Waals surface area contributed by atoms with E-state index < -0.39 is 0 Å². The molecule has 0 bridgehead atoms. The van der Waals surface area contributed by atoms with Gasteiger partial charge in [-0.15, -0.1) is 11.3 Å². The van der Waals surface area contributed by atoms with E-state index in [2.05, 4.69) is 32.7 Å². The molecular formula is C9H12BrNS. The Labute approximate surface area is 85.3 Å². The monoisotopic (exact) mass is 245 g/mol. The van der Waals surface area contributed by atoms with Crippen LogP contribution in [0.15, 0.2) is 15.9 Å². The minimum atomic E-state index is 0.722. The number of nitrogens with one attached hydrogen (secondary N) is 1. The first-order valence-electron chi connectivity index (χ1n) is 4.31. The molecule has 1 aromatic rings. The van der Waals surface area contributed by atoms with E-state index in [4.69, 9.17) is 0 Å². The van der Waals surface area contributed by atoms with Gasteiger partial charge in [-0.1, -0.05) is 0 Å². The summed E-state index contributed by atoms with van der Waals surface area (Å²) in [6.45, 7) is 1.20. The Balaban J connectivity index is 1.98. The van der Waals surface area contributed by atoms with Gasteiger partial charge in [0.05, 0.1) is 0 Å². The Morgan fingerprint density at radius 1 is 1.67 bits per heavy atom. The van der Waals surface area contributed by atoms with Crippen molar-refractivity contribution in [3.05, 3.63) is 20.8 Å². The Morgan fingerprint density at radius 3 is 3.17 bits per heavy atom. The van der Waals surface area contributed by atoms with Gasteiger partial charge in [0.2, 0.25) is 0 Å². The standard InChI is InChI=1S/C9H12BrNS/c10-8-3-5-12-9(8)6-7-2-1-4-11-7/h3,5,7,11H,1-2,4,6H2. The van der Waals surface area contributed by atoms with E-state index in [1.165, 1.54) is 35.2 Å². The Morgan fingerprint density at radius 2 is 2.58 bits per heavy atom. The van der Waals surface area contributed by atoms with Crippen LogP contribution in [0, 0.1) is 0 Å². The number of thiophene rings is 1. The average molecular weight is 246 g/mol. The predicted molar refractivity (Wildman–Crippen MR) is 56.7 cm³/mol. The van der Waals surface area contributed by atoms with Crippen LogP contribution in [0.25, 0.3) is 0 Å². The largest absolute Gasteiger partial charge is 0.314 e. The van der Waals surface area contributed by atoms with Crippen LogP contribution in [0.4, 0.5) is 0 Å². The molecule has 1 saturated heterocycles. The lowest BCUT2D eigenvalue weighted by atomic mass is 10.1. The van der Waals surface area contributed by atoms with Gasteiger partial charge < -0.3 is 5.32 Å². The highest BCUT2D eigenvalue weighted by molar-refractivity contribution is 9.10. The number of rotatable bonds is 2. The van der Waals surface area contributed by atoms with Crippen molar-refractivity contribution in [3.8, 4) is 0 Å². The fourth-order valence-corrected chi connectivity index (χ4v) is 3.22. The summed E-state index contributed by atoms with van der Waals surface area (Å²) < 4.78 is 1.28. The van der Waals surface area contributed by atoms with Gasteiger partial charge in [0.25, 0.3) is 0 Å². The maximum Gasteiger partial charge on any atom is 0.0314 e. The fraction of sp³-hybridized carbons (Fsp3) is 0.556. The molecule has 0 aliphatic carbocycles. The minimum Gasteiger partial charge on any atom is -0.314 e. The van der Waals surface area contributed by atoms with Crippen molar-refractivity contribution in [3.63, 3.8) is 0 Å². The second kappa shape index (κ2) is 3.90. The average Bonchev–Trinajstić information content (AvgIpc) is 2.65. The molecule has 12 heavy (non-hydrogen) atoms. The number of hydrogen-bond acceptors (Lipinski definition) is 2. The molecule has 1 N–H and O–H groups in total. The van der Waals surface area contributed by atoms with E-state index in [1.54, 1.807) is 0 Å². The van der Waals surface area contributed by atoms with Crippen LogP contribution < -0.4 is 5.32 Å². The Bertz CT molecular complexity index is 253. The lowest BCUT2D eigenvalue weighted by molar-refractivity contribution is 0.607. The van der Waals surface area contributed by atoms with Gasteiger partial charge in [0.1, 0.15) is 0 Å². The van der Waals surface area contributed by atoms with E-state index >= 15 is 0 Å². The summed E-state index contributed by atoms with van der Waals surface area (Å²) in [7, 11) is 0. The third-order valence-corrected chi connectivity index (χ3v) is 4.23. The second-order valence-corrected chi connectivity index (χ2v) is 5.04. The van der Waals surface area contributed by atoms with E-state index in [9.17, 15) is 0 Å². The third-order valence-electron chi connectivity index (χ3n) is 2.29. The molecule has 0 saturated carbocycles. The zero-order chi connectivity index (χ0) is 8.39. The first kappa shape index (κ1) is 8.73. The van der Waals surface area contributed by atoms with Crippen LogP contribution in [0.1, 0.15) is 17.7 Å². The maximum atomic E-state index is 3.56. The van der Waals surface area contributed by atoms with Gasteiger partial charge in [-0.25, -0.2) is 0 Å².